The Labute approximate surface area is 268 Å². The molecule has 0 unspecified atom stereocenters. The summed E-state index contributed by atoms with van der Waals surface area (Å²) in [5, 5.41) is 0.638. The van der Waals surface area contributed by atoms with Crippen molar-refractivity contribution in [3.63, 3.8) is 0 Å². The molecule has 0 fully saturated rings. The van der Waals surface area contributed by atoms with Gasteiger partial charge in [0.15, 0.2) is 4.80 Å². The number of aryl methyl sites for hydroxylation is 1. The summed E-state index contributed by atoms with van der Waals surface area (Å²) in [5.74, 6) is 0.171. The molecule has 1 atom stereocenters. The van der Waals surface area contributed by atoms with Crippen molar-refractivity contribution in [1.29, 1.82) is 0 Å². The maximum absolute atomic E-state index is 14.0. The van der Waals surface area contributed by atoms with Gasteiger partial charge in [-0.15, -0.1) is 0 Å². The number of halogens is 3. The Morgan fingerprint density at radius 1 is 1.17 bits per heavy atom. The van der Waals surface area contributed by atoms with Gasteiger partial charge in [-0.1, -0.05) is 80.8 Å². The van der Waals surface area contributed by atoms with Gasteiger partial charge in [0.2, 0.25) is 0 Å². The Bertz CT molecular complexity index is 1860. The summed E-state index contributed by atoms with van der Waals surface area (Å²) in [6.07, 6.45) is 1.82. The molecule has 0 saturated heterocycles. The molecule has 0 spiro atoms. The zero-order valence-electron chi connectivity index (χ0n) is 22.4. The summed E-state index contributed by atoms with van der Waals surface area (Å²) >= 11 is 13.2. The van der Waals surface area contributed by atoms with Gasteiger partial charge in [0.25, 0.3) is 5.56 Å². The monoisotopic (exact) mass is 762 g/mol. The Kier molecular flexibility index (Phi) is 9.18. The summed E-state index contributed by atoms with van der Waals surface area (Å²) < 4.78 is 15.5. The summed E-state index contributed by atoms with van der Waals surface area (Å²) in [6, 6.07) is 18.5. The number of aromatic nitrogens is 1. The highest BCUT2D eigenvalue weighted by Gasteiger charge is 2.33. The van der Waals surface area contributed by atoms with Gasteiger partial charge in [0.1, 0.15) is 12.4 Å². The van der Waals surface area contributed by atoms with Crippen LogP contribution in [0.1, 0.15) is 42.1 Å². The number of hydrogen-bond acceptors (Lipinski definition) is 6. The Hall–Kier alpha value is -2.73. The number of benzene rings is 3. The number of thiazole rings is 1. The van der Waals surface area contributed by atoms with E-state index in [4.69, 9.17) is 21.1 Å². The number of carbonyl (C=O) groups is 1. The molecule has 1 aliphatic heterocycles. The van der Waals surface area contributed by atoms with Crippen LogP contribution in [0.15, 0.2) is 86.2 Å². The first-order valence-corrected chi connectivity index (χ1v) is 15.9. The molecule has 0 saturated carbocycles. The van der Waals surface area contributed by atoms with E-state index in [-0.39, 0.29) is 12.2 Å². The number of hydrogen-bond donors (Lipinski definition) is 0. The summed E-state index contributed by atoms with van der Waals surface area (Å²) in [7, 11) is 0. The number of nitrogens with zero attached hydrogens (tertiary/aromatic N) is 2. The second-order valence-corrected chi connectivity index (χ2v) is 13.0. The molecular formula is C31H25BrClIN2O4S. The van der Waals surface area contributed by atoms with Crippen LogP contribution in [0.2, 0.25) is 5.02 Å². The van der Waals surface area contributed by atoms with Crippen LogP contribution in [0.3, 0.4) is 0 Å². The zero-order valence-corrected chi connectivity index (χ0v) is 27.7. The number of rotatable bonds is 7. The van der Waals surface area contributed by atoms with E-state index in [9.17, 15) is 9.59 Å². The van der Waals surface area contributed by atoms with Gasteiger partial charge >= 0.3 is 5.97 Å². The predicted molar refractivity (Wildman–Crippen MR) is 174 cm³/mol. The van der Waals surface area contributed by atoms with E-state index >= 15 is 0 Å². The molecule has 0 bridgehead atoms. The fraction of sp³-hybridized carbons (Fsp3) is 0.194. The third kappa shape index (κ3) is 6.38. The average Bonchev–Trinajstić information content (AvgIpc) is 3.22. The molecule has 4 aromatic rings. The van der Waals surface area contributed by atoms with Crippen molar-refractivity contribution in [2.75, 3.05) is 6.61 Å². The Morgan fingerprint density at radius 3 is 2.63 bits per heavy atom. The third-order valence-corrected chi connectivity index (χ3v) is 8.98. The highest BCUT2D eigenvalue weighted by atomic mass is 127. The molecule has 1 aliphatic rings. The van der Waals surface area contributed by atoms with E-state index in [1.165, 1.54) is 11.3 Å². The highest BCUT2D eigenvalue weighted by Crippen LogP contribution is 2.33. The number of esters is 1. The molecule has 0 radical (unpaired) electrons. The largest absolute Gasteiger partial charge is 0.487 e. The zero-order chi connectivity index (χ0) is 29.3. The number of allylic oxidation sites excluding steroid dienone is 1. The van der Waals surface area contributed by atoms with E-state index in [0.717, 1.165) is 30.3 Å². The van der Waals surface area contributed by atoms with E-state index in [0.29, 0.717) is 38.0 Å². The van der Waals surface area contributed by atoms with Gasteiger partial charge in [0.05, 0.1) is 32.0 Å². The van der Waals surface area contributed by atoms with E-state index in [2.05, 4.69) is 43.5 Å². The van der Waals surface area contributed by atoms with Gasteiger partial charge in [-0.2, -0.15) is 0 Å². The molecule has 41 heavy (non-hydrogen) atoms. The predicted octanol–water partition coefficient (Wildman–Crippen LogP) is 6.71. The van der Waals surface area contributed by atoms with Gasteiger partial charge < -0.3 is 9.47 Å². The topological polar surface area (TPSA) is 69.9 Å². The van der Waals surface area contributed by atoms with Gasteiger partial charge in [0, 0.05) is 15.1 Å². The minimum absolute atomic E-state index is 0.222. The van der Waals surface area contributed by atoms with Gasteiger partial charge in [-0.05, 0) is 84.8 Å². The molecular weight excluding hydrogens is 739 g/mol. The van der Waals surface area contributed by atoms with Crippen molar-refractivity contribution >= 4 is 73.5 Å². The van der Waals surface area contributed by atoms with Crippen molar-refractivity contribution in [3.05, 3.63) is 127 Å². The maximum atomic E-state index is 14.0. The van der Waals surface area contributed by atoms with E-state index in [1.54, 1.807) is 18.4 Å². The van der Waals surface area contributed by atoms with Crippen LogP contribution < -0.4 is 19.6 Å². The van der Waals surface area contributed by atoms with Crippen molar-refractivity contribution in [1.82, 2.24) is 4.57 Å². The SMILES string of the molecule is CCOC(=O)C1=C(C)N=c2s/c(=C\c3cc(Br)cc(I)c3OCc3cccc(Cl)c3)c(=O)n2[C@H]1c1ccc(C)cc1. The maximum Gasteiger partial charge on any atom is 0.338 e. The summed E-state index contributed by atoms with van der Waals surface area (Å²) in [4.78, 5) is 32.3. The second-order valence-electron chi connectivity index (χ2n) is 9.44. The molecule has 0 N–H and O–H groups in total. The smallest absolute Gasteiger partial charge is 0.338 e. The Balaban J connectivity index is 1.65. The molecule has 1 aromatic heterocycles. The first kappa shape index (κ1) is 29.8. The van der Waals surface area contributed by atoms with E-state index < -0.39 is 12.0 Å². The van der Waals surface area contributed by atoms with Crippen LogP contribution in [0, 0.1) is 10.5 Å². The minimum Gasteiger partial charge on any atom is -0.487 e. The van der Waals surface area contributed by atoms with Crippen molar-refractivity contribution in [3.8, 4) is 5.75 Å². The molecule has 3 aromatic carbocycles. The third-order valence-electron chi connectivity index (χ3n) is 6.51. The summed E-state index contributed by atoms with van der Waals surface area (Å²) in [6.45, 7) is 6.07. The molecule has 10 heteroatoms. The first-order chi connectivity index (χ1) is 19.7. The quantitative estimate of drug-likeness (QED) is 0.155. The number of carbonyl (C=O) groups excluding carboxylic acids is 1. The standard InChI is InChI=1S/C31H25BrClIN2O4S/c1-4-39-30(38)26-18(3)35-31-36(27(26)20-10-8-17(2)9-11-20)29(37)25(41-31)14-21-13-22(32)15-24(34)28(21)40-16-19-6-5-7-23(33)12-19/h5-15,27H,4,16H2,1-3H3/b25-14-/t27-/m0/s1. The number of fused-ring (bicyclic) bond motifs is 1. The lowest BCUT2D eigenvalue weighted by Crippen LogP contribution is -2.39. The lowest BCUT2D eigenvalue weighted by Gasteiger charge is -2.24. The lowest BCUT2D eigenvalue weighted by atomic mass is 9.95. The van der Waals surface area contributed by atoms with Crippen molar-refractivity contribution < 1.29 is 14.3 Å². The van der Waals surface area contributed by atoms with Gasteiger partial charge in [-0.25, -0.2) is 9.79 Å². The first-order valence-electron chi connectivity index (χ1n) is 12.8. The normalized spacial score (nSPS) is 15.0. The summed E-state index contributed by atoms with van der Waals surface area (Å²) in [5.41, 5.74) is 4.20. The molecule has 0 aliphatic carbocycles. The average molecular weight is 764 g/mol. The fourth-order valence-corrected chi connectivity index (χ4v) is 7.58. The molecule has 210 valence electrons. The minimum atomic E-state index is -0.658. The number of ether oxygens (including phenoxy) is 2. The van der Waals surface area contributed by atoms with Gasteiger partial charge in [-0.3, -0.25) is 9.36 Å². The van der Waals surface area contributed by atoms with Crippen LogP contribution in [-0.2, 0) is 16.1 Å². The molecule has 5 rings (SSSR count). The van der Waals surface area contributed by atoms with Crippen LogP contribution in [-0.4, -0.2) is 17.1 Å². The molecule has 0 amide bonds. The molecule has 6 nitrogen and oxygen atoms in total. The van der Waals surface area contributed by atoms with Crippen molar-refractivity contribution in [2.24, 2.45) is 4.99 Å². The van der Waals surface area contributed by atoms with Crippen LogP contribution in [0.4, 0.5) is 0 Å². The second kappa shape index (κ2) is 12.6. The van der Waals surface area contributed by atoms with Crippen LogP contribution in [0.5, 0.6) is 5.75 Å². The van der Waals surface area contributed by atoms with Crippen molar-refractivity contribution in [2.45, 2.75) is 33.4 Å². The fourth-order valence-electron chi connectivity index (χ4n) is 4.62. The van der Waals surface area contributed by atoms with Crippen LogP contribution >= 0.6 is 61.5 Å². The van der Waals surface area contributed by atoms with Crippen LogP contribution in [0.25, 0.3) is 6.08 Å². The highest BCUT2D eigenvalue weighted by molar-refractivity contribution is 14.1. The lowest BCUT2D eigenvalue weighted by molar-refractivity contribution is -0.139. The molecule has 2 heterocycles. The Morgan fingerprint density at radius 2 is 1.93 bits per heavy atom. The van der Waals surface area contributed by atoms with E-state index in [1.807, 2.05) is 73.7 Å².